The SMILES string of the molecule is CC(C)C1CN(C(C)c2ccncc2)C(C(C)C)CN1. The molecular weight excluding hydrogens is 246 g/mol. The van der Waals surface area contributed by atoms with Crippen LogP contribution in [0.5, 0.6) is 0 Å². The van der Waals surface area contributed by atoms with E-state index in [2.05, 4.69) is 62.0 Å². The number of rotatable bonds is 4. The van der Waals surface area contributed by atoms with Crippen LogP contribution in [0.1, 0.15) is 46.2 Å². The third-order valence-corrected chi connectivity index (χ3v) is 4.68. The summed E-state index contributed by atoms with van der Waals surface area (Å²) in [4.78, 5) is 6.82. The Balaban J connectivity index is 2.18. The average Bonchev–Trinajstić information content (AvgIpc) is 2.46. The maximum Gasteiger partial charge on any atom is 0.0325 e. The molecule has 3 atom stereocenters. The Morgan fingerprint density at radius 3 is 2.30 bits per heavy atom. The molecule has 0 aromatic carbocycles. The lowest BCUT2D eigenvalue weighted by Gasteiger charge is -2.46. The minimum atomic E-state index is 0.453. The van der Waals surface area contributed by atoms with Crippen molar-refractivity contribution in [2.45, 2.75) is 52.7 Å². The minimum absolute atomic E-state index is 0.453. The standard InChI is InChI=1S/C17H29N3/c1-12(2)16-11-20(17(10-19-16)13(3)4)14(5)15-6-8-18-9-7-15/h6-9,12-14,16-17,19H,10-11H2,1-5H3. The molecule has 0 bridgehead atoms. The number of nitrogens with one attached hydrogen (secondary N) is 1. The molecule has 1 aromatic rings. The van der Waals surface area contributed by atoms with Gasteiger partial charge in [0.05, 0.1) is 0 Å². The number of pyridine rings is 1. The van der Waals surface area contributed by atoms with Gasteiger partial charge in [-0.15, -0.1) is 0 Å². The van der Waals surface area contributed by atoms with Gasteiger partial charge in [-0.05, 0) is 36.5 Å². The molecule has 1 fully saturated rings. The maximum absolute atomic E-state index is 4.14. The molecule has 1 aromatic heterocycles. The van der Waals surface area contributed by atoms with Gasteiger partial charge in [-0.25, -0.2) is 0 Å². The van der Waals surface area contributed by atoms with Crippen molar-refractivity contribution in [3.8, 4) is 0 Å². The predicted octanol–water partition coefficient (Wildman–Crippen LogP) is 3.10. The zero-order valence-corrected chi connectivity index (χ0v) is 13.5. The summed E-state index contributed by atoms with van der Waals surface area (Å²) in [5, 5.41) is 3.73. The molecule has 3 unspecified atom stereocenters. The van der Waals surface area contributed by atoms with Crippen LogP contribution in [-0.2, 0) is 0 Å². The van der Waals surface area contributed by atoms with Crippen LogP contribution in [0.2, 0.25) is 0 Å². The molecule has 3 heteroatoms. The fourth-order valence-corrected chi connectivity index (χ4v) is 3.16. The summed E-state index contributed by atoms with van der Waals surface area (Å²) in [6.45, 7) is 13.8. The first-order valence-corrected chi connectivity index (χ1v) is 7.89. The average molecular weight is 275 g/mol. The molecule has 0 saturated carbocycles. The van der Waals surface area contributed by atoms with Crippen molar-refractivity contribution in [1.29, 1.82) is 0 Å². The molecule has 0 aliphatic carbocycles. The van der Waals surface area contributed by atoms with Crippen LogP contribution in [-0.4, -0.2) is 35.1 Å². The van der Waals surface area contributed by atoms with Crippen molar-refractivity contribution in [2.75, 3.05) is 13.1 Å². The van der Waals surface area contributed by atoms with Crippen molar-refractivity contribution in [3.05, 3.63) is 30.1 Å². The Bertz CT molecular complexity index is 402. The van der Waals surface area contributed by atoms with Crippen LogP contribution in [0.3, 0.4) is 0 Å². The molecule has 0 spiro atoms. The van der Waals surface area contributed by atoms with Crippen molar-refractivity contribution in [2.24, 2.45) is 11.8 Å². The molecule has 3 nitrogen and oxygen atoms in total. The highest BCUT2D eigenvalue weighted by molar-refractivity contribution is 5.15. The highest BCUT2D eigenvalue weighted by atomic mass is 15.3. The Labute approximate surface area is 123 Å². The quantitative estimate of drug-likeness (QED) is 0.915. The lowest BCUT2D eigenvalue weighted by atomic mass is 9.91. The second kappa shape index (κ2) is 6.68. The third-order valence-electron chi connectivity index (χ3n) is 4.68. The Morgan fingerprint density at radius 2 is 1.75 bits per heavy atom. The van der Waals surface area contributed by atoms with E-state index >= 15 is 0 Å². The van der Waals surface area contributed by atoms with Gasteiger partial charge in [0.2, 0.25) is 0 Å². The molecule has 2 heterocycles. The summed E-state index contributed by atoms with van der Waals surface area (Å²) in [6.07, 6.45) is 3.80. The second-order valence-electron chi connectivity index (χ2n) is 6.72. The van der Waals surface area contributed by atoms with Gasteiger partial charge in [0.15, 0.2) is 0 Å². The normalized spacial score (nSPS) is 26.1. The van der Waals surface area contributed by atoms with Crippen LogP contribution in [0, 0.1) is 11.8 Å². The van der Waals surface area contributed by atoms with E-state index in [1.165, 1.54) is 5.56 Å². The van der Waals surface area contributed by atoms with Crippen molar-refractivity contribution in [3.63, 3.8) is 0 Å². The van der Waals surface area contributed by atoms with Gasteiger partial charge in [0.1, 0.15) is 0 Å². The first kappa shape index (κ1) is 15.5. The van der Waals surface area contributed by atoms with Crippen LogP contribution in [0.15, 0.2) is 24.5 Å². The second-order valence-corrected chi connectivity index (χ2v) is 6.72. The number of hydrogen-bond donors (Lipinski definition) is 1. The Kier molecular flexibility index (Phi) is 5.17. The van der Waals surface area contributed by atoms with E-state index in [4.69, 9.17) is 0 Å². The monoisotopic (exact) mass is 275 g/mol. The molecule has 0 amide bonds. The van der Waals surface area contributed by atoms with Gasteiger partial charge < -0.3 is 5.32 Å². The smallest absolute Gasteiger partial charge is 0.0325 e. The zero-order chi connectivity index (χ0) is 14.7. The third kappa shape index (κ3) is 3.39. The molecule has 1 aliphatic rings. The van der Waals surface area contributed by atoms with Crippen molar-refractivity contribution < 1.29 is 0 Å². The van der Waals surface area contributed by atoms with E-state index in [0.717, 1.165) is 13.1 Å². The van der Waals surface area contributed by atoms with Crippen LogP contribution < -0.4 is 5.32 Å². The van der Waals surface area contributed by atoms with Gasteiger partial charge in [0.25, 0.3) is 0 Å². The minimum Gasteiger partial charge on any atom is -0.311 e. The summed E-state index contributed by atoms with van der Waals surface area (Å²) in [5.41, 5.74) is 1.37. The molecular formula is C17H29N3. The highest BCUT2D eigenvalue weighted by Gasteiger charge is 2.34. The first-order valence-electron chi connectivity index (χ1n) is 7.89. The summed E-state index contributed by atoms with van der Waals surface area (Å²) < 4.78 is 0. The van der Waals surface area contributed by atoms with Crippen LogP contribution in [0.25, 0.3) is 0 Å². The van der Waals surface area contributed by atoms with E-state index < -0.39 is 0 Å². The van der Waals surface area contributed by atoms with E-state index in [1.807, 2.05) is 12.4 Å². The maximum atomic E-state index is 4.14. The molecule has 1 N–H and O–H groups in total. The van der Waals surface area contributed by atoms with E-state index in [-0.39, 0.29) is 0 Å². The molecule has 112 valence electrons. The number of piperazine rings is 1. The van der Waals surface area contributed by atoms with E-state index in [0.29, 0.717) is 30.0 Å². The molecule has 1 saturated heterocycles. The number of aromatic nitrogens is 1. The van der Waals surface area contributed by atoms with Crippen LogP contribution >= 0.6 is 0 Å². The summed E-state index contributed by atoms with van der Waals surface area (Å²) >= 11 is 0. The van der Waals surface area contributed by atoms with E-state index in [9.17, 15) is 0 Å². The topological polar surface area (TPSA) is 28.2 Å². The lowest BCUT2D eigenvalue weighted by molar-refractivity contribution is 0.0513. The number of nitrogens with zero attached hydrogens (tertiary/aromatic N) is 2. The summed E-state index contributed by atoms with van der Waals surface area (Å²) in [6, 6.07) is 5.94. The Morgan fingerprint density at radius 1 is 1.10 bits per heavy atom. The largest absolute Gasteiger partial charge is 0.311 e. The number of hydrogen-bond acceptors (Lipinski definition) is 3. The van der Waals surface area contributed by atoms with Gasteiger partial charge in [0, 0.05) is 43.6 Å². The molecule has 2 rings (SSSR count). The van der Waals surface area contributed by atoms with Gasteiger partial charge in [-0.2, -0.15) is 0 Å². The van der Waals surface area contributed by atoms with Gasteiger partial charge in [-0.1, -0.05) is 27.7 Å². The molecule has 20 heavy (non-hydrogen) atoms. The van der Waals surface area contributed by atoms with Gasteiger partial charge >= 0.3 is 0 Å². The summed E-state index contributed by atoms with van der Waals surface area (Å²) in [7, 11) is 0. The molecule has 1 aliphatic heterocycles. The van der Waals surface area contributed by atoms with Gasteiger partial charge in [-0.3, -0.25) is 9.88 Å². The van der Waals surface area contributed by atoms with Crippen molar-refractivity contribution in [1.82, 2.24) is 15.2 Å². The zero-order valence-electron chi connectivity index (χ0n) is 13.5. The van der Waals surface area contributed by atoms with Crippen molar-refractivity contribution >= 4 is 0 Å². The Hall–Kier alpha value is -0.930. The summed E-state index contributed by atoms with van der Waals surface area (Å²) in [5.74, 6) is 1.34. The van der Waals surface area contributed by atoms with E-state index in [1.54, 1.807) is 0 Å². The lowest BCUT2D eigenvalue weighted by Crippen LogP contribution is -2.60. The fourth-order valence-electron chi connectivity index (χ4n) is 3.16. The fraction of sp³-hybridized carbons (Fsp3) is 0.706. The first-order chi connectivity index (χ1) is 9.50. The predicted molar refractivity (Wildman–Crippen MR) is 84.6 cm³/mol. The van der Waals surface area contributed by atoms with Crippen LogP contribution in [0.4, 0.5) is 0 Å². The highest BCUT2D eigenvalue weighted by Crippen LogP contribution is 2.28. The molecule has 0 radical (unpaired) electrons.